The zero-order chi connectivity index (χ0) is 16.1. The zero-order valence-electron chi connectivity index (χ0n) is 13.2. The Kier molecular flexibility index (Phi) is 5.25. The minimum absolute atomic E-state index is 0.00508. The smallest absolute Gasteiger partial charge is 0.275 e. The number of methoxy groups -OCH3 is 1. The molecule has 0 bridgehead atoms. The third-order valence-electron chi connectivity index (χ3n) is 4.01. The lowest BCUT2D eigenvalue weighted by molar-refractivity contribution is 0.0567. The van der Waals surface area contributed by atoms with Crippen LogP contribution in [0.2, 0.25) is 0 Å². The molecule has 1 atom stereocenters. The average Bonchev–Trinajstić information content (AvgIpc) is 3.04. The Morgan fingerprint density at radius 1 is 1.43 bits per heavy atom. The van der Waals surface area contributed by atoms with Gasteiger partial charge in [0.25, 0.3) is 5.91 Å². The zero-order valence-corrected chi connectivity index (χ0v) is 14.0. The quantitative estimate of drug-likeness (QED) is 0.912. The van der Waals surface area contributed by atoms with Crippen molar-refractivity contribution >= 4 is 27.9 Å². The highest BCUT2D eigenvalue weighted by Gasteiger charge is 2.27. The maximum absolute atomic E-state index is 12.8. The number of piperidine rings is 1. The number of rotatable bonds is 5. The van der Waals surface area contributed by atoms with Crippen LogP contribution in [0.25, 0.3) is 0 Å². The first kappa shape index (κ1) is 16.0. The molecule has 0 unspecified atom stereocenters. The van der Waals surface area contributed by atoms with Gasteiger partial charge in [-0.25, -0.2) is 4.98 Å². The molecule has 0 aliphatic carbocycles. The summed E-state index contributed by atoms with van der Waals surface area (Å²) in [4.78, 5) is 19.0. The first-order valence-electron chi connectivity index (χ1n) is 7.81. The fraction of sp³-hybridized carbons (Fsp3) is 0.412. The Balaban J connectivity index is 1.72. The van der Waals surface area contributed by atoms with E-state index in [4.69, 9.17) is 4.74 Å². The highest BCUT2D eigenvalue weighted by atomic mass is 32.1. The topological polar surface area (TPSA) is 54.5 Å². The summed E-state index contributed by atoms with van der Waals surface area (Å²) < 4.78 is 5.24. The first-order valence-corrected chi connectivity index (χ1v) is 8.69. The molecule has 23 heavy (non-hydrogen) atoms. The number of hydrogen-bond acceptors (Lipinski definition) is 5. The van der Waals surface area contributed by atoms with E-state index in [9.17, 15) is 4.79 Å². The molecule has 1 aliphatic rings. The number of aromatic nitrogens is 1. The molecule has 2 heterocycles. The molecule has 122 valence electrons. The number of carbonyl (C=O) groups excluding carboxylic acids is 1. The molecular weight excluding hydrogens is 310 g/mol. The van der Waals surface area contributed by atoms with E-state index in [2.05, 4.69) is 10.3 Å². The number of hydrogen-bond donors (Lipinski definition) is 1. The van der Waals surface area contributed by atoms with Crippen LogP contribution in [0, 0.1) is 5.92 Å². The van der Waals surface area contributed by atoms with Gasteiger partial charge in [-0.1, -0.05) is 18.2 Å². The maximum Gasteiger partial charge on any atom is 0.275 e. The monoisotopic (exact) mass is 331 g/mol. The van der Waals surface area contributed by atoms with Crippen LogP contribution in [0.15, 0.2) is 35.8 Å². The lowest BCUT2D eigenvalue weighted by Gasteiger charge is -2.32. The fourth-order valence-electron chi connectivity index (χ4n) is 2.91. The molecule has 5 nitrogen and oxygen atoms in total. The molecule has 1 amide bonds. The highest BCUT2D eigenvalue weighted by molar-refractivity contribution is 7.14. The molecule has 1 fully saturated rings. The number of nitrogens with zero attached hydrogens (tertiary/aromatic N) is 2. The second-order valence-corrected chi connectivity index (χ2v) is 6.59. The minimum atomic E-state index is 0.00508. The highest BCUT2D eigenvalue weighted by Crippen LogP contribution is 2.27. The van der Waals surface area contributed by atoms with Crippen LogP contribution >= 0.6 is 11.3 Å². The summed E-state index contributed by atoms with van der Waals surface area (Å²) in [6, 6.07) is 9.84. The van der Waals surface area contributed by atoms with Gasteiger partial charge in [-0.15, -0.1) is 11.3 Å². The number of anilines is 2. The van der Waals surface area contributed by atoms with Gasteiger partial charge in [-0.05, 0) is 30.9 Å². The van der Waals surface area contributed by atoms with Crippen LogP contribution < -0.4 is 5.32 Å². The molecule has 2 aromatic rings. The van der Waals surface area contributed by atoms with Gasteiger partial charge >= 0.3 is 0 Å². The molecule has 0 saturated carbocycles. The molecule has 0 radical (unpaired) electrons. The Morgan fingerprint density at radius 2 is 2.26 bits per heavy atom. The lowest BCUT2D eigenvalue weighted by atomic mass is 9.99. The molecule has 3 rings (SSSR count). The molecule has 1 aliphatic heterocycles. The number of benzene rings is 1. The number of likely N-dealkylation sites (tertiary alicyclic amines) is 1. The second-order valence-electron chi connectivity index (χ2n) is 5.74. The van der Waals surface area contributed by atoms with Crippen molar-refractivity contribution in [2.75, 3.05) is 32.1 Å². The van der Waals surface area contributed by atoms with Crippen LogP contribution in [-0.4, -0.2) is 42.6 Å². The number of ether oxygens (including phenoxy) is 1. The number of amides is 1. The summed E-state index contributed by atoms with van der Waals surface area (Å²) in [5.41, 5.74) is 3.19. The number of carbonyl (C=O) groups is 1. The third-order valence-corrected chi connectivity index (χ3v) is 4.75. The summed E-state index contributed by atoms with van der Waals surface area (Å²) in [5, 5.41) is 4.09. The van der Waals surface area contributed by atoms with Crippen molar-refractivity contribution in [1.29, 1.82) is 0 Å². The van der Waals surface area contributed by atoms with E-state index in [0.717, 1.165) is 36.6 Å². The van der Waals surface area contributed by atoms with Crippen LogP contribution in [0.5, 0.6) is 0 Å². The second kappa shape index (κ2) is 7.57. The predicted molar refractivity (Wildman–Crippen MR) is 92.3 cm³/mol. The van der Waals surface area contributed by atoms with Gasteiger partial charge in [-0.2, -0.15) is 0 Å². The third kappa shape index (κ3) is 3.89. The number of thiazole rings is 1. The molecule has 0 spiro atoms. The van der Waals surface area contributed by atoms with Crippen LogP contribution in [0.4, 0.5) is 10.7 Å². The molecular formula is C17H21N3O2S. The molecule has 6 heteroatoms. The van der Waals surface area contributed by atoms with Gasteiger partial charge in [0.05, 0.1) is 12.1 Å². The Labute approximate surface area is 140 Å². The lowest BCUT2D eigenvalue weighted by Crippen LogP contribution is -2.41. The van der Waals surface area contributed by atoms with Crippen LogP contribution in [-0.2, 0) is 4.74 Å². The summed E-state index contributed by atoms with van der Waals surface area (Å²) in [7, 11) is 1.71. The minimum Gasteiger partial charge on any atom is -0.384 e. The van der Waals surface area contributed by atoms with Crippen molar-refractivity contribution in [3.8, 4) is 0 Å². The molecule has 1 N–H and O–H groups in total. The molecule has 1 aromatic heterocycles. The van der Waals surface area contributed by atoms with E-state index in [-0.39, 0.29) is 5.91 Å². The van der Waals surface area contributed by atoms with Gasteiger partial charge < -0.3 is 15.0 Å². The van der Waals surface area contributed by atoms with Gasteiger partial charge in [0.2, 0.25) is 0 Å². The summed E-state index contributed by atoms with van der Waals surface area (Å²) >= 11 is 1.45. The van der Waals surface area contributed by atoms with Crippen molar-refractivity contribution in [3.63, 3.8) is 0 Å². The van der Waals surface area contributed by atoms with E-state index in [1.165, 1.54) is 11.3 Å². The average molecular weight is 331 g/mol. The SMILES string of the molecule is COC[C@@H]1CCCN(C(=O)c2ncsc2Nc2ccccc2)C1. The number of para-hydroxylation sites is 1. The van der Waals surface area contributed by atoms with Crippen molar-refractivity contribution in [2.45, 2.75) is 12.8 Å². The number of nitrogens with one attached hydrogen (secondary N) is 1. The van der Waals surface area contributed by atoms with E-state index >= 15 is 0 Å². The van der Waals surface area contributed by atoms with Gasteiger partial charge in [0.15, 0.2) is 5.69 Å². The Morgan fingerprint density at radius 3 is 3.04 bits per heavy atom. The molecule has 1 aromatic carbocycles. The largest absolute Gasteiger partial charge is 0.384 e. The van der Waals surface area contributed by atoms with Gasteiger partial charge in [0.1, 0.15) is 5.00 Å². The van der Waals surface area contributed by atoms with Gasteiger partial charge in [0, 0.05) is 25.9 Å². The van der Waals surface area contributed by atoms with Crippen molar-refractivity contribution in [2.24, 2.45) is 5.92 Å². The molecule has 1 saturated heterocycles. The summed E-state index contributed by atoms with van der Waals surface area (Å²) in [6.07, 6.45) is 2.13. The van der Waals surface area contributed by atoms with E-state index in [1.807, 2.05) is 35.2 Å². The Bertz CT molecular complexity index is 642. The van der Waals surface area contributed by atoms with Gasteiger partial charge in [-0.3, -0.25) is 4.79 Å². The van der Waals surface area contributed by atoms with Crippen molar-refractivity contribution in [3.05, 3.63) is 41.5 Å². The Hall–Kier alpha value is -1.92. The van der Waals surface area contributed by atoms with Crippen molar-refractivity contribution in [1.82, 2.24) is 9.88 Å². The standard InChI is InChI=1S/C17H21N3O2S/c1-22-11-13-6-5-9-20(10-13)17(21)15-16(23-12-18-15)19-14-7-3-2-4-8-14/h2-4,7-8,12-13,19H,5-6,9-11H2,1H3/t13-/m1/s1. The van der Waals surface area contributed by atoms with E-state index in [0.29, 0.717) is 18.2 Å². The predicted octanol–water partition coefficient (Wildman–Crippen LogP) is 3.39. The van der Waals surface area contributed by atoms with Crippen LogP contribution in [0.1, 0.15) is 23.3 Å². The van der Waals surface area contributed by atoms with Crippen LogP contribution in [0.3, 0.4) is 0 Å². The van der Waals surface area contributed by atoms with Crippen molar-refractivity contribution < 1.29 is 9.53 Å². The van der Waals surface area contributed by atoms with E-state index < -0.39 is 0 Å². The fourth-order valence-corrected chi connectivity index (χ4v) is 3.60. The maximum atomic E-state index is 12.8. The normalized spacial score (nSPS) is 18.0. The summed E-state index contributed by atoms with van der Waals surface area (Å²) in [5.74, 6) is 0.423. The first-order chi connectivity index (χ1) is 11.3. The summed E-state index contributed by atoms with van der Waals surface area (Å²) in [6.45, 7) is 2.24. The van der Waals surface area contributed by atoms with E-state index in [1.54, 1.807) is 12.6 Å².